The summed E-state index contributed by atoms with van der Waals surface area (Å²) < 4.78 is 0. The third-order valence-corrected chi connectivity index (χ3v) is 1.49. The van der Waals surface area contributed by atoms with Crippen molar-refractivity contribution in [1.82, 2.24) is 4.98 Å². The molecule has 1 aromatic heterocycles. The molecule has 56 valence electrons. The van der Waals surface area contributed by atoms with Crippen LogP contribution in [0.1, 0.15) is 18.2 Å². The number of hydrogen-bond acceptors (Lipinski definition) is 3. The van der Waals surface area contributed by atoms with E-state index in [-0.39, 0.29) is 5.75 Å². The summed E-state index contributed by atoms with van der Waals surface area (Å²) in [7, 11) is 0. The van der Waals surface area contributed by atoms with Gasteiger partial charge in [-0.1, -0.05) is 6.92 Å². The van der Waals surface area contributed by atoms with Crippen LogP contribution < -0.4 is 0 Å². The fourth-order valence-electron chi connectivity index (χ4n) is 0.927. The van der Waals surface area contributed by atoms with E-state index in [0.29, 0.717) is 17.7 Å². The van der Waals surface area contributed by atoms with Crippen molar-refractivity contribution < 1.29 is 5.11 Å². The summed E-state index contributed by atoms with van der Waals surface area (Å²) in [4.78, 5) is 3.81. The van der Waals surface area contributed by atoms with Crippen LogP contribution in [0.5, 0.6) is 5.75 Å². The van der Waals surface area contributed by atoms with Crippen molar-refractivity contribution in [3.63, 3.8) is 0 Å². The Bertz CT molecular complexity index is 301. The first-order chi connectivity index (χ1) is 5.29. The van der Waals surface area contributed by atoms with Gasteiger partial charge in [0.25, 0.3) is 0 Å². The summed E-state index contributed by atoms with van der Waals surface area (Å²) >= 11 is 0. The van der Waals surface area contributed by atoms with Gasteiger partial charge in [0, 0.05) is 11.8 Å². The maximum Gasteiger partial charge on any atom is 0.147 e. The zero-order valence-electron chi connectivity index (χ0n) is 6.20. The normalized spacial score (nSPS) is 9.09. The van der Waals surface area contributed by atoms with Gasteiger partial charge in [0.1, 0.15) is 17.5 Å². The molecule has 0 aliphatic carbocycles. The highest BCUT2D eigenvalue weighted by molar-refractivity contribution is 5.40. The molecule has 3 heteroatoms. The van der Waals surface area contributed by atoms with Gasteiger partial charge in [0.05, 0.1) is 0 Å². The standard InChI is InChI=1S/C8H8N2O/c1-2-6-7(5-9)10-4-3-8(6)11/h3-4H,2H2,1H3,(H,10,11). The van der Waals surface area contributed by atoms with Gasteiger partial charge >= 0.3 is 0 Å². The Morgan fingerprint density at radius 3 is 2.91 bits per heavy atom. The lowest BCUT2D eigenvalue weighted by molar-refractivity contribution is 0.467. The molecule has 1 aromatic rings. The molecule has 0 saturated heterocycles. The minimum atomic E-state index is 0.152. The van der Waals surface area contributed by atoms with Crippen molar-refractivity contribution in [2.24, 2.45) is 0 Å². The Hall–Kier alpha value is -1.56. The van der Waals surface area contributed by atoms with Crippen molar-refractivity contribution in [1.29, 1.82) is 5.26 Å². The van der Waals surface area contributed by atoms with Crippen LogP contribution in [0.2, 0.25) is 0 Å². The number of hydrogen-bond donors (Lipinski definition) is 1. The molecule has 0 spiro atoms. The number of rotatable bonds is 1. The van der Waals surface area contributed by atoms with E-state index < -0.39 is 0 Å². The highest BCUT2D eigenvalue weighted by Crippen LogP contribution is 2.18. The average molecular weight is 148 g/mol. The van der Waals surface area contributed by atoms with Crippen molar-refractivity contribution in [3.8, 4) is 11.8 Å². The first-order valence-electron chi connectivity index (χ1n) is 3.36. The summed E-state index contributed by atoms with van der Waals surface area (Å²) in [5.74, 6) is 0.152. The molecule has 1 rings (SSSR count). The Morgan fingerprint density at radius 2 is 2.45 bits per heavy atom. The number of aromatic hydroxyl groups is 1. The van der Waals surface area contributed by atoms with E-state index >= 15 is 0 Å². The van der Waals surface area contributed by atoms with E-state index in [2.05, 4.69) is 4.98 Å². The van der Waals surface area contributed by atoms with Gasteiger partial charge in [0.15, 0.2) is 0 Å². The monoisotopic (exact) mass is 148 g/mol. The minimum Gasteiger partial charge on any atom is -0.508 e. The van der Waals surface area contributed by atoms with Crippen LogP contribution >= 0.6 is 0 Å². The predicted octanol–water partition coefficient (Wildman–Crippen LogP) is 1.22. The molecule has 1 heterocycles. The second kappa shape index (κ2) is 3.02. The highest BCUT2D eigenvalue weighted by Gasteiger charge is 2.04. The van der Waals surface area contributed by atoms with Crippen molar-refractivity contribution in [2.45, 2.75) is 13.3 Å². The van der Waals surface area contributed by atoms with E-state index in [1.54, 1.807) is 0 Å². The van der Waals surface area contributed by atoms with Crippen LogP contribution in [0.4, 0.5) is 0 Å². The molecule has 0 amide bonds. The summed E-state index contributed by atoms with van der Waals surface area (Å²) in [5, 5.41) is 17.8. The highest BCUT2D eigenvalue weighted by atomic mass is 16.3. The van der Waals surface area contributed by atoms with Crippen LogP contribution in [0.3, 0.4) is 0 Å². The van der Waals surface area contributed by atoms with Gasteiger partial charge in [-0.3, -0.25) is 0 Å². The lowest BCUT2D eigenvalue weighted by atomic mass is 10.1. The smallest absolute Gasteiger partial charge is 0.147 e. The van der Waals surface area contributed by atoms with Crippen molar-refractivity contribution in [3.05, 3.63) is 23.5 Å². The molecule has 11 heavy (non-hydrogen) atoms. The van der Waals surface area contributed by atoms with Gasteiger partial charge in [-0.2, -0.15) is 5.26 Å². The Kier molecular flexibility index (Phi) is 2.07. The molecule has 0 saturated carbocycles. The van der Waals surface area contributed by atoms with Gasteiger partial charge in [-0.25, -0.2) is 4.98 Å². The Morgan fingerprint density at radius 1 is 1.73 bits per heavy atom. The Labute approximate surface area is 64.9 Å². The summed E-state index contributed by atoms with van der Waals surface area (Å²) in [6, 6.07) is 3.40. The first kappa shape index (κ1) is 7.55. The number of aromatic nitrogens is 1. The van der Waals surface area contributed by atoms with E-state index in [1.807, 2.05) is 13.0 Å². The minimum absolute atomic E-state index is 0.152. The topological polar surface area (TPSA) is 56.9 Å². The first-order valence-corrected chi connectivity index (χ1v) is 3.36. The third kappa shape index (κ3) is 1.30. The fourth-order valence-corrected chi connectivity index (χ4v) is 0.927. The molecular weight excluding hydrogens is 140 g/mol. The van der Waals surface area contributed by atoms with Crippen molar-refractivity contribution >= 4 is 0 Å². The zero-order valence-corrected chi connectivity index (χ0v) is 6.20. The molecule has 0 atom stereocenters. The quantitative estimate of drug-likeness (QED) is 0.651. The van der Waals surface area contributed by atoms with Gasteiger partial charge in [0.2, 0.25) is 0 Å². The van der Waals surface area contributed by atoms with E-state index in [1.165, 1.54) is 12.3 Å². The summed E-state index contributed by atoms with van der Waals surface area (Å²) in [5.41, 5.74) is 0.933. The molecule has 3 nitrogen and oxygen atoms in total. The van der Waals surface area contributed by atoms with Crippen LogP contribution in [0.25, 0.3) is 0 Å². The molecule has 0 radical (unpaired) electrons. The van der Waals surface area contributed by atoms with Gasteiger partial charge in [-0.05, 0) is 12.5 Å². The zero-order chi connectivity index (χ0) is 8.27. The number of nitriles is 1. The molecule has 0 bridgehead atoms. The lowest BCUT2D eigenvalue weighted by Gasteiger charge is -2.00. The molecule has 0 fully saturated rings. The van der Waals surface area contributed by atoms with E-state index in [4.69, 9.17) is 5.26 Å². The van der Waals surface area contributed by atoms with Crippen molar-refractivity contribution in [2.75, 3.05) is 0 Å². The van der Waals surface area contributed by atoms with Crippen LogP contribution in [-0.2, 0) is 6.42 Å². The summed E-state index contributed by atoms with van der Waals surface area (Å²) in [6.45, 7) is 1.87. The second-order valence-electron chi connectivity index (χ2n) is 2.12. The third-order valence-electron chi connectivity index (χ3n) is 1.49. The fraction of sp³-hybridized carbons (Fsp3) is 0.250. The molecule has 0 aromatic carbocycles. The SMILES string of the molecule is CCc1c(O)ccnc1C#N. The van der Waals surface area contributed by atoms with Crippen LogP contribution in [0, 0.1) is 11.3 Å². The number of pyridine rings is 1. The predicted molar refractivity (Wildman–Crippen MR) is 40.0 cm³/mol. The maximum atomic E-state index is 9.23. The molecule has 1 N–H and O–H groups in total. The molecule has 0 aliphatic heterocycles. The van der Waals surface area contributed by atoms with Gasteiger partial charge in [-0.15, -0.1) is 0 Å². The molecular formula is C8H8N2O. The number of nitrogens with zero attached hydrogens (tertiary/aromatic N) is 2. The van der Waals surface area contributed by atoms with E-state index in [0.717, 1.165) is 0 Å². The summed E-state index contributed by atoms with van der Waals surface area (Å²) in [6.07, 6.45) is 2.05. The second-order valence-corrected chi connectivity index (χ2v) is 2.12. The van der Waals surface area contributed by atoms with Gasteiger partial charge < -0.3 is 5.11 Å². The largest absolute Gasteiger partial charge is 0.508 e. The van der Waals surface area contributed by atoms with E-state index in [9.17, 15) is 5.11 Å². The Balaban J connectivity index is 3.27. The van der Waals surface area contributed by atoms with Crippen LogP contribution in [-0.4, -0.2) is 10.1 Å². The molecule has 0 unspecified atom stereocenters. The average Bonchev–Trinajstić information content (AvgIpc) is 2.04. The molecule has 0 aliphatic rings. The lowest BCUT2D eigenvalue weighted by Crippen LogP contribution is -1.91. The van der Waals surface area contributed by atoms with Crippen LogP contribution in [0.15, 0.2) is 12.3 Å². The maximum absolute atomic E-state index is 9.23.